The number of benzene rings is 11. The first-order valence-corrected chi connectivity index (χ1v) is 24.5. The van der Waals surface area contributed by atoms with E-state index in [0.29, 0.717) is 16.7 Å². The third kappa shape index (κ3) is 6.07. The molecule has 0 N–H and O–H groups in total. The molecule has 0 aliphatic carbocycles. The van der Waals surface area contributed by atoms with Gasteiger partial charge in [-0.1, -0.05) is 206 Å². The van der Waals surface area contributed by atoms with Crippen LogP contribution in [0, 0.1) is 0 Å². The van der Waals surface area contributed by atoms with Crippen molar-refractivity contribution in [3.63, 3.8) is 0 Å². The van der Waals surface area contributed by atoms with Crippen molar-refractivity contribution >= 4 is 94.2 Å². The molecule has 0 aliphatic heterocycles. The lowest BCUT2D eigenvalue weighted by Crippen LogP contribution is -2.74. The smallest absolute Gasteiger partial charge is 0.179 e. The number of para-hydroxylation sites is 4. The summed E-state index contributed by atoms with van der Waals surface area (Å²) in [5.74, 6) is 0. The topological polar surface area (TPSA) is 14.8 Å². The molecule has 3 nitrogen and oxygen atoms in total. The Morgan fingerprint density at radius 2 is 0.729 bits per heavy atom. The fraction of sp³-hybridized carbons (Fsp3) is 0. The highest BCUT2D eigenvalue weighted by atomic mass is 28.3. The molecule has 0 bridgehead atoms. The van der Waals surface area contributed by atoms with Gasteiger partial charge >= 0.3 is 0 Å². The fourth-order valence-corrected chi connectivity index (χ4v) is 15.2. The Morgan fingerprint density at radius 1 is 0.271 bits per heavy atom. The third-order valence-corrected chi connectivity index (χ3v) is 18.1. The highest BCUT2D eigenvalue weighted by molar-refractivity contribution is 7.20. The van der Waals surface area contributed by atoms with Crippen molar-refractivity contribution in [3.05, 3.63) is 273 Å². The standard InChI is InChI=1S/C66H45N3Si/c1-5-21-46(22-6-1)47-41-49(68-64-36-20-16-32-58(64)60-44-48(37-40-65(60)68)67-61-33-17-13-29-55(61)56-30-14-18-34-62(56)67)43-50(42-47)69-63-35-19-15-31-57(63)59-39-38-54(45-66(59)69)70(51-23-7-2-8-24-51,52-25-9-3-10-26-52)53-27-11-4-12-28-53/h1-45H/i1D,5D,6D,13D,14D,16D,17D,18D,20D,21D,22D,29D,30D,32D,33D,34D,36D,37D,40D,44D. The van der Waals surface area contributed by atoms with Crippen molar-refractivity contribution in [1.82, 2.24) is 13.7 Å². The van der Waals surface area contributed by atoms with E-state index in [-0.39, 0.29) is 49.4 Å². The molecule has 0 unspecified atom stereocenters. The summed E-state index contributed by atoms with van der Waals surface area (Å²) in [6.07, 6.45) is 0. The van der Waals surface area contributed by atoms with E-state index in [1.165, 1.54) is 10.6 Å². The summed E-state index contributed by atoms with van der Waals surface area (Å²) < 4.78 is 189. The fourth-order valence-electron chi connectivity index (χ4n) is 10.5. The molecule has 0 fully saturated rings. The van der Waals surface area contributed by atoms with Crippen LogP contribution in [0.1, 0.15) is 27.4 Å². The zero-order chi connectivity index (χ0) is 63.6. The van der Waals surface area contributed by atoms with Gasteiger partial charge in [-0.2, -0.15) is 0 Å². The lowest BCUT2D eigenvalue weighted by Gasteiger charge is -2.34. The van der Waals surface area contributed by atoms with E-state index < -0.39 is 146 Å². The first kappa shape index (κ1) is 24.9. The second-order valence-corrected chi connectivity index (χ2v) is 20.8. The van der Waals surface area contributed by atoms with Crippen LogP contribution in [-0.4, -0.2) is 21.8 Å². The maximum Gasteiger partial charge on any atom is 0.179 e. The van der Waals surface area contributed by atoms with E-state index in [2.05, 4.69) is 54.6 Å². The molecule has 0 radical (unpaired) electrons. The normalized spacial score (nSPS) is 16.0. The number of fused-ring (bicyclic) bond motifs is 9. The van der Waals surface area contributed by atoms with Gasteiger partial charge in [-0.25, -0.2) is 0 Å². The van der Waals surface area contributed by atoms with E-state index in [4.69, 9.17) is 15.1 Å². The van der Waals surface area contributed by atoms with Crippen LogP contribution in [0.25, 0.3) is 93.6 Å². The van der Waals surface area contributed by atoms with Crippen LogP contribution in [0.15, 0.2) is 273 Å². The minimum Gasteiger partial charge on any atom is -0.309 e. The molecule has 11 aromatic carbocycles. The van der Waals surface area contributed by atoms with Gasteiger partial charge in [0.05, 0.1) is 60.5 Å². The van der Waals surface area contributed by atoms with E-state index in [0.717, 1.165) is 36.1 Å². The molecular weight excluding hydrogens is 863 g/mol. The molecule has 0 amide bonds. The quantitative estimate of drug-likeness (QED) is 0.107. The van der Waals surface area contributed by atoms with Crippen LogP contribution in [0.4, 0.5) is 0 Å². The molecule has 0 atom stereocenters. The summed E-state index contributed by atoms with van der Waals surface area (Å²) in [6.45, 7) is 0. The maximum absolute atomic E-state index is 10.3. The molecule has 70 heavy (non-hydrogen) atoms. The predicted molar refractivity (Wildman–Crippen MR) is 299 cm³/mol. The maximum atomic E-state index is 10.3. The van der Waals surface area contributed by atoms with Gasteiger partial charge in [-0.15, -0.1) is 0 Å². The summed E-state index contributed by atoms with van der Waals surface area (Å²) in [6, 6.07) is 35.7. The Balaban J connectivity index is 1.16. The van der Waals surface area contributed by atoms with Gasteiger partial charge in [0.2, 0.25) is 0 Å². The average molecular weight is 928 g/mol. The molecule has 0 aliphatic rings. The summed E-state index contributed by atoms with van der Waals surface area (Å²) in [7, 11) is -3.25. The van der Waals surface area contributed by atoms with Gasteiger partial charge in [0, 0.05) is 49.4 Å². The number of aromatic nitrogens is 3. The van der Waals surface area contributed by atoms with Gasteiger partial charge in [-0.3, -0.25) is 0 Å². The predicted octanol–water partition coefficient (Wildman–Crippen LogP) is 14.0. The Labute approximate surface area is 435 Å². The van der Waals surface area contributed by atoms with Crippen LogP contribution in [0.5, 0.6) is 0 Å². The molecule has 3 aromatic heterocycles. The van der Waals surface area contributed by atoms with Gasteiger partial charge in [0.15, 0.2) is 8.07 Å². The molecule has 14 aromatic rings. The van der Waals surface area contributed by atoms with Crippen molar-refractivity contribution in [3.8, 4) is 28.2 Å². The second-order valence-electron chi connectivity index (χ2n) is 17.0. The SMILES string of the molecule is [2H]c1c([2H])c([2H])c(-c2cc(-n3c4ccccc4c4ccc([Si](c5ccccc5)(c5ccccc5)c5ccccc5)cc43)cc(-n3c4c([2H])c([2H])c([2H])c([2H])c4c4c([2H])c(-n5c6c([2H])c([2H])c([2H])c([2H])c6c6c([2H])c([2H])c([2H])c([2H])c65)c([2H])c([2H])c43)c2)c([2H])c1[2H]. The summed E-state index contributed by atoms with van der Waals surface area (Å²) in [5.41, 5.74) is -0.706. The van der Waals surface area contributed by atoms with Crippen LogP contribution in [0.3, 0.4) is 0 Å². The second kappa shape index (κ2) is 16.1. The minimum atomic E-state index is -3.25. The van der Waals surface area contributed by atoms with Gasteiger partial charge < -0.3 is 13.7 Å². The van der Waals surface area contributed by atoms with Crippen LogP contribution in [0.2, 0.25) is 0 Å². The lowest BCUT2D eigenvalue weighted by atomic mass is 10.0. The lowest BCUT2D eigenvalue weighted by molar-refractivity contribution is 1.13. The first-order chi connectivity index (χ1) is 43.1. The van der Waals surface area contributed by atoms with Crippen molar-refractivity contribution in [2.24, 2.45) is 0 Å². The molecule has 328 valence electrons. The number of hydrogen-bond acceptors (Lipinski definition) is 0. The van der Waals surface area contributed by atoms with E-state index in [1.54, 1.807) is 12.1 Å². The van der Waals surface area contributed by atoms with Gasteiger partial charge in [0.1, 0.15) is 0 Å². The molecule has 3 heterocycles. The summed E-state index contributed by atoms with van der Waals surface area (Å²) in [5, 5.41) is 4.47. The Bertz CT molecular complexity index is 5290. The molecule has 0 spiro atoms. The Hall–Kier alpha value is -8.96. The van der Waals surface area contributed by atoms with Crippen molar-refractivity contribution < 1.29 is 27.4 Å². The van der Waals surface area contributed by atoms with Crippen molar-refractivity contribution in [2.45, 2.75) is 0 Å². The van der Waals surface area contributed by atoms with E-state index in [1.807, 2.05) is 83.4 Å². The van der Waals surface area contributed by atoms with Crippen molar-refractivity contribution in [2.75, 3.05) is 0 Å². The number of hydrogen-bond donors (Lipinski definition) is 0. The van der Waals surface area contributed by atoms with Crippen LogP contribution < -0.4 is 20.7 Å². The molecule has 0 saturated heterocycles. The van der Waals surface area contributed by atoms with Crippen LogP contribution in [-0.2, 0) is 0 Å². The van der Waals surface area contributed by atoms with E-state index >= 15 is 0 Å². The zero-order valence-corrected chi connectivity index (χ0v) is 37.8. The van der Waals surface area contributed by atoms with Gasteiger partial charge in [0.25, 0.3) is 0 Å². The van der Waals surface area contributed by atoms with Gasteiger partial charge in [-0.05, 0) is 98.5 Å². The summed E-state index contributed by atoms with van der Waals surface area (Å²) in [4.78, 5) is 0. The zero-order valence-electron chi connectivity index (χ0n) is 56.8. The Morgan fingerprint density at radius 3 is 1.31 bits per heavy atom. The van der Waals surface area contributed by atoms with Crippen LogP contribution >= 0.6 is 0 Å². The first-order valence-electron chi connectivity index (χ1n) is 32.5. The monoisotopic (exact) mass is 927 g/mol. The highest BCUT2D eigenvalue weighted by Crippen LogP contribution is 2.40. The number of rotatable bonds is 8. The van der Waals surface area contributed by atoms with E-state index in [9.17, 15) is 12.3 Å². The third-order valence-electron chi connectivity index (χ3n) is 13.3. The molecular formula is C66H45N3Si. The Kier molecular flexibility index (Phi) is 5.72. The largest absolute Gasteiger partial charge is 0.309 e. The highest BCUT2D eigenvalue weighted by Gasteiger charge is 2.41. The van der Waals surface area contributed by atoms with Crippen molar-refractivity contribution in [1.29, 1.82) is 0 Å². The number of nitrogens with zero attached hydrogens (tertiary/aromatic N) is 3. The molecule has 4 heteroatoms. The average Bonchev–Trinajstić information content (AvgIpc) is 1.52. The summed E-state index contributed by atoms with van der Waals surface area (Å²) >= 11 is 0. The minimum absolute atomic E-state index is 0.0110. The molecule has 14 rings (SSSR count). The molecule has 0 saturated carbocycles.